The Kier molecular flexibility index (Phi) is 3.11. The van der Waals surface area contributed by atoms with Crippen molar-refractivity contribution in [1.82, 2.24) is 0 Å². The minimum absolute atomic E-state index is 0.102. The van der Waals surface area contributed by atoms with E-state index >= 15 is 0 Å². The molecule has 1 aromatic carbocycles. The molecule has 0 atom stereocenters. The van der Waals surface area contributed by atoms with E-state index in [-0.39, 0.29) is 5.41 Å². The third kappa shape index (κ3) is 1.93. The molecule has 0 amide bonds. The molecule has 0 aromatic heterocycles. The van der Waals surface area contributed by atoms with Gasteiger partial charge in [-0.2, -0.15) is 0 Å². The normalized spacial score (nSPS) is 18.5. The van der Waals surface area contributed by atoms with Crippen molar-refractivity contribution in [2.24, 2.45) is 0 Å². The average molecular weight is 204 g/mol. The minimum atomic E-state index is 0.102. The van der Waals surface area contributed by atoms with E-state index in [4.69, 9.17) is 0 Å². The van der Waals surface area contributed by atoms with E-state index in [1.807, 2.05) is 0 Å². The van der Waals surface area contributed by atoms with Crippen LogP contribution in [0, 0.1) is 0 Å². The minimum Gasteiger partial charge on any atom is -0.395 e. The van der Waals surface area contributed by atoms with E-state index in [2.05, 4.69) is 31.2 Å². The van der Waals surface area contributed by atoms with Gasteiger partial charge in [0.2, 0.25) is 0 Å². The van der Waals surface area contributed by atoms with Crippen molar-refractivity contribution < 1.29 is 5.11 Å². The first-order chi connectivity index (χ1) is 7.30. The second-order valence-electron chi connectivity index (χ2n) is 4.74. The van der Waals surface area contributed by atoms with Crippen LogP contribution in [0.5, 0.6) is 0 Å². The van der Waals surface area contributed by atoms with Gasteiger partial charge in [-0.05, 0) is 30.4 Å². The Hall–Kier alpha value is -0.820. The molecule has 0 saturated heterocycles. The molecule has 0 radical (unpaired) electrons. The van der Waals surface area contributed by atoms with Gasteiger partial charge in [0.15, 0.2) is 0 Å². The molecule has 15 heavy (non-hydrogen) atoms. The molecule has 1 nitrogen and oxygen atoms in total. The first-order valence-corrected chi connectivity index (χ1v) is 6.01. The topological polar surface area (TPSA) is 20.2 Å². The van der Waals surface area contributed by atoms with Crippen LogP contribution in [0.25, 0.3) is 0 Å². The zero-order valence-corrected chi connectivity index (χ0v) is 9.50. The standard InChI is InChI=1S/C14H20O/c1-2-4-12-5-7-13(8-6-12)14(11-15)9-3-10-14/h5-8,15H,2-4,9-11H2,1H3. The van der Waals surface area contributed by atoms with Crippen LogP contribution in [-0.4, -0.2) is 11.7 Å². The molecule has 1 aliphatic carbocycles. The lowest BCUT2D eigenvalue weighted by molar-refractivity contribution is 0.120. The van der Waals surface area contributed by atoms with Gasteiger partial charge in [0.25, 0.3) is 0 Å². The highest BCUT2D eigenvalue weighted by atomic mass is 16.3. The van der Waals surface area contributed by atoms with Crippen molar-refractivity contribution in [3.05, 3.63) is 35.4 Å². The number of benzene rings is 1. The van der Waals surface area contributed by atoms with Crippen molar-refractivity contribution in [3.63, 3.8) is 0 Å². The van der Waals surface area contributed by atoms with Gasteiger partial charge in [-0.3, -0.25) is 0 Å². The van der Waals surface area contributed by atoms with Crippen LogP contribution < -0.4 is 0 Å². The summed E-state index contributed by atoms with van der Waals surface area (Å²) >= 11 is 0. The third-order valence-electron chi connectivity index (χ3n) is 3.72. The summed E-state index contributed by atoms with van der Waals surface area (Å²) in [5, 5.41) is 9.46. The smallest absolute Gasteiger partial charge is 0.0527 e. The Balaban J connectivity index is 2.15. The van der Waals surface area contributed by atoms with E-state index in [0.717, 1.165) is 19.3 Å². The molecular formula is C14H20O. The van der Waals surface area contributed by atoms with E-state index < -0.39 is 0 Å². The first kappa shape index (κ1) is 10.7. The number of hydrogen-bond acceptors (Lipinski definition) is 1. The Labute approximate surface area is 92.1 Å². The number of rotatable bonds is 4. The van der Waals surface area contributed by atoms with Crippen LogP contribution in [0.3, 0.4) is 0 Å². The van der Waals surface area contributed by atoms with Crippen molar-refractivity contribution in [1.29, 1.82) is 0 Å². The van der Waals surface area contributed by atoms with Gasteiger partial charge >= 0.3 is 0 Å². The third-order valence-corrected chi connectivity index (χ3v) is 3.72. The molecule has 0 heterocycles. The molecule has 2 rings (SSSR count). The van der Waals surface area contributed by atoms with Crippen LogP contribution in [-0.2, 0) is 11.8 Å². The second-order valence-corrected chi connectivity index (χ2v) is 4.74. The molecule has 1 fully saturated rings. The molecule has 0 spiro atoms. The van der Waals surface area contributed by atoms with Crippen molar-refractivity contribution in [2.75, 3.05) is 6.61 Å². The predicted molar refractivity (Wildman–Crippen MR) is 63.1 cm³/mol. The monoisotopic (exact) mass is 204 g/mol. The lowest BCUT2D eigenvalue weighted by Gasteiger charge is -2.41. The highest BCUT2D eigenvalue weighted by molar-refractivity contribution is 5.31. The summed E-state index contributed by atoms with van der Waals surface area (Å²) in [6, 6.07) is 8.85. The van der Waals surface area contributed by atoms with Gasteiger partial charge in [0.05, 0.1) is 6.61 Å². The molecular weight excluding hydrogens is 184 g/mol. The van der Waals surface area contributed by atoms with Crippen molar-refractivity contribution in [2.45, 2.75) is 44.4 Å². The van der Waals surface area contributed by atoms with Gasteiger partial charge in [-0.25, -0.2) is 0 Å². The summed E-state index contributed by atoms with van der Waals surface area (Å²) in [5.74, 6) is 0. The van der Waals surface area contributed by atoms with Crippen LogP contribution in [0.2, 0.25) is 0 Å². The zero-order chi connectivity index (χ0) is 10.7. The Bertz CT molecular complexity index is 303. The summed E-state index contributed by atoms with van der Waals surface area (Å²) in [4.78, 5) is 0. The van der Waals surface area contributed by atoms with E-state index in [0.29, 0.717) is 6.61 Å². The second kappa shape index (κ2) is 4.36. The summed E-state index contributed by atoms with van der Waals surface area (Å²) < 4.78 is 0. The van der Waals surface area contributed by atoms with Gasteiger partial charge < -0.3 is 5.11 Å². The number of aliphatic hydroxyl groups excluding tert-OH is 1. The predicted octanol–water partition coefficient (Wildman–Crippen LogP) is 3.05. The van der Waals surface area contributed by atoms with Crippen LogP contribution >= 0.6 is 0 Å². The van der Waals surface area contributed by atoms with Crippen LogP contribution in [0.1, 0.15) is 43.7 Å². The maximum absolute atomic E-state index is 9.46. The van der Waals surface area contributed by atoms with Crippen LogP contribution in [0.4, 0.5) is 0 Å². The van der Waals surface area contributed by atoms with E-state index in [1.165, 1.54) is 24.0 Å². The number of hydrogen-bond donors (Lipinski definition) is 1. The zero-order valence-electron chi connectivity index (χ0n) is 9.50. The molecule has 1 saturated carbocycles. The summed E-state index contributed by atoms with van der Waals surface area (Å²) in [6.07, 6.45) is 5.92. The van der Waals surface area contributed by atoms with E-state index in [9.17, 15) is 5.11 Å². The molecule has 0 aliphatic heterocycles. The Morgan fingerprint density at radius 1 is 1.20 bits per heavy atom. The fourth-order valence-electron chi connectivity index (χ4n) is 2.46. The summed E-state index contributed by atoms with van der Waals surface area (Å²) in [6.45, 7) is 2.51. The Morgan fingerprint density at radius 2 is 1.87 bits per heavy atom. The van der Waals surface area contributed by atoms with Crippen molar-refractivity contribution >= 4 is 0 Å². The molecule has 1 aromatic rings. The molecule has 1 heteroatoms. The maximum atomic E-state index is 9.46. The molecule has 82 valence electrons. The van der Waals surface area contributed by atoms with Crippen LogP contribution in [0.15, 0.2) is 24.3 Å². The summed E-state index contributed by atoms with van der Waals surface area (Å²) in [5.41, 5.74) is 2.84. The maximum Gasteiger partial charge on any atom is 0.0527 e. The van der Waals surface area contributed by atoms with Gasteiger partial charge in [0, 0.05) is 5.41 Å². The highest BCUT2D eigenvalue weighted by Gasteiger charge is 2.37. The highest BCUT2D eigenvalue weighted by Crippen LogP contribution is 2.43. The largest absolute Gasteiger partial charge is 0.395 e. The molecule has 1 N–H and O–H groups in total. The van der Waals surface area contributed by atoms with Gasteiger partial charge in [-0.1, -0.05) is 44.0 Å². The van der Waals surface area contributed by atoms with Gasteiger partial charge in [-0.15, -0.1) is 0 Å². The lowest BCUT2D eigenvalue weighted by Crippen LogP contribution is -2.37. The summed E-state index contributed by atoms with van der Waals surface area (Å²) in [7, 11) is 0. The van der Waals surface area contributed by atoms with Crippen molar-refractivity contribution in [3.8, 4) is 0 Å². The SMILES string of the molecule is CCCc1ccc(C2(CO)CCC2)cc1. The number of aliphatic hydroxyl groups is 1. The fourth-order valence-corrected chi connectivity index (χ4v) is 2.46. The first-order valence-electron chi connectivity index (χ1n) is 6.01. The quantitative estimate of drug-likeness (QED) is 0.799. The molecule has 0 unspecified atom stereocenters. The van der Waals surface area contributed by atoms with E-state index in [1.54, 1.807) is 0 Å². The Morgan fingerprint density at radius 3 is 2.27 bits per heavy atom. The van der Waals surface area contributed by atoms with Gasteiger partial charge in [0.1, 0.15) is 0 Å². The lowest BCUT2D eigenvalue weighted by atomic mass is 9.65. The average Bonchev–Trinajstić information content (AvgIpc) is 2.20. The molecule has 1 aliphatic rings. The molecule has 0 bridgehead atoms. The fraction of sp³-hybridized carbons (Fsp3) is 0.571. The number of aryl methyl sites for hydroxylation is 1.